The maximum Gasteiger partial charge on any atom is 0.408 e. The van der Waals surface area contributed by atoms with Gasteiger partial charge in [0.15, 0.2) is 0 Å². The topological polar surface area (TPSA) is 138 Å². The zero-order valence-corrected chi connectivity index (χ0v) is 19.1. The van der Waals surface area contributed by atoms with Crippen LogP contribution in [0.15, 0.2) is 27.9 Å². The van der Waals surface area contributed by atoms with E-state index in [1.807, 2.05) is 0 Å². The molecule has 0 unspecified atom stereocenters. The molecule has 1 amide bonds. The molecule has 0 aliphatic heterocycles. The minimum atomic E-state index is -3.66. The van der Waals surface area contributed by atoms with Gasteiger partial charge in [-0.05, 0) is 32.9 Å². The van der Waals surface area contributed by atoms with Crippen LogP contribution in [0, 0.1) is 0 Å². The van der Waals surface area contributed by atoms with Gasteiger partial charge in [0.2, 0.25) is 15.0 Å². The summed E-state index contributed by atoms with van der Waals surface area (Å²) in [4.78, 5) is 32.4. The smallest absolute Gasteiger partial charge is 0.408 e. The number of nitrogens with one attached hydrogen (secondary N) is 1. The lowest BCUT2D eigenvalue weighted by molar-refractivity contribution is 0.0519. The summed E-state index contributed by atoms with van der Waals surface area (Å²) in [6.07, 6.45) is 1.73. The number of sulfone groups is 1. The number of carbonyl (C=O) groups excluding carboxylic acids is 2. The molecule has 12 heteroatoms. The van der Waals surface area contributed by atoms with E-state index in [2.05, 4.69) is 15.3 Å². The number of amides is 1. The molecular formula is C19H21N3O7S2. The van der Waals surface area contributed by atoms with Gasteiger partial charge in [0.1, 0.15) is 22.0 Å². The SMILES string of the molecule is COC(=O)c1sc2cnc(S(C)(=O)=O)nc2c1-c1ccc(CNC(=O)OC(C)(C)C)o1. The fraction of sp³-hybridized carbons (Fsp3) is 0.368. The van der Waals surface area contributed by atoms with Crippen LogP contribution in [0.4, 0.5) is 4.79 Å². The fourth-order valence-corrected chi connectivity index (χ4v) is 4.14. The first-order chi connectivity index (χ1) is 14.4. The Morgan fingerprint density at radius 2 is 1.97 bits per heavy atom. The molecule has 166 valence electrons. The average Bonchev–Trinajstić information content (AvgIpc) is 3.27. The van der Waals surface area contributed by atoms with Crippen molar-refractivity contribution in [2.45, 2.75) is 38.1 Å². The van der Waals surface area contributed by atoms with Crippen LogP contribution < -0.4 is 5.32 Å². The van der Waals surface area contributed by atoms with Gasteiger partial charge >= 0.3 is 12.1 Å². The van der Waals surface area contributed by atoms with Crippen molar-refractivity contribution in [3.63, 3.8) is 0 Å². The minimum Gasteiger partial charge on any atom is -0.465 e. The molecule has 10 nitrogen and oxygen atoms in total. The van der Waals surface area contributed by atoms with Crippen LogP contribution in [-0.4, -0.2) is 49.4 Å². The lowest BCUT2D eigenvalue weighted by Gasteiger charge is -2.19. The van der Waals surface area contributed by atoms with Gasteiger partial charge in [0, 0.05) is 12.5 Å². The number of hydrogen-bond donors (Lipinski definition) is 1. The Morgan fingerprint density at radius 3 is 2.58 bits per heavy atom. The van der Waals surface area contributed by atoms with Gasteiger partial charge in [-0.2, -0.15) is 0 Å². The van der Waals surface area contributed by atoms with E-state index in [-0.39, 0.29) is 27.9 Å². The Balaban J connectivity index is 1.99. The number of methoxy groups -OCH3 is 1. The number of thiophene rings is 1. The zero-order valence-electron chi connectivity index (χ0n) is 17.5. The summed E-state index contributed by atoms with van der Waals surface area (Å²) in [5.41, 5.74) is -0.0926. The highest BCUT2D eigenvalue weighted by Crippen LogP contribution is 2.39. The van der Waals surface area contributed by atoms with Crippen LogP contribution in [0.5, 0.6) is 0 Å². The summed E-state index contributed by atoms with van der Waals surface area (Å²) in [5, 5.41) is 2.21. The highest BCUT2D eigenvalue weighted by molar-refractivity contribution is 7.90. The maximum atomic E-state index is 12.3. The molecule has 0 spiro atoms. The number of aromatic nitrogens is 2. The molecule has 0 atom stereocenters. The van der Waals surface area contributed by atoms with Crippen LogP contribution in [0.2, 0.25) is 0 Å². The summed E-state index contributed by atoms with van der Waals surface area (Å²) in [6.45, 7) is 5.30. The van der Waals surface area contributed by atoms with Crippen LogP contribution in [0.1, 0.15) is 36.2 Å². The number of alkyl carbamates (subject to hydrolysis) is 1. The zero-order chi connectivity index (χ0) is 23.0. The second-order valence-electron chi connectivity index (χ2n) is 7.56. The second-order valence-corrected chi connectivity index (χ2v) is 10.5. The van der Waals surface area contributed by atoms with Crippen molar-refractivity contribution in [3.8, 4) is 11.3 Å². The van der Waals surface area contributed by atoms with Crippen LogP contribution in [-0.2, 0) is 25.9 Å². The molecule has 3 aromatic rings. The van der Waals surface area contributed by atoms with E-state index in [1.165, 1.54) is 13.3 Å². The van der Waals surface area contributed by atoms with Gasteiger partial charge in [0.05, 0.1) is 29.4 Å². The largest absolute Gasteiger partial charge is 0.465 e. The average molecular weight is 468 g/mol. The van der Waals surface area contributed by atoms with E-state index in [0.29, 0.717) is 16.0 Å². The van der Waals surface area contributed by atoms with Crippen molar-refractivity contribution in [2.24, 2.45) is 0 Å². The van der Waals surface area contributed by atoms with Crippen LogP contribution >= 0.6 is 11.3 Å². The molecule has 0 fully saturated rings. The number of furan rings is 1. The molecule has 0 aliphatic carbocycles. The summed E-state index contributed by atoms with van der Waals surface area (Å²) in [6, 6.07) is 3.22. The van der Waals surface area contributed by atoms with E-state index in [1.54, 1.807) is 32.9 Å². The van der Waals surface area contributed by atoms with Crippen LogP contribution in [0.3, 0.4) is 0 Å². The fourth-order valence-electron chi connectivity index (χ4n) is 2.60. The quantitative estimate of drug-likeness (QED) is 0.443. The van der Waals surface area contributed by atoms with E-state index < -0.39 is 27.5 Å². The number of nitrogens with zero attached hydrogens (tertiary/aromatic N) is 2. The van der Waals surface area contributed by atoms with E-state index in [9.17, 15) is 18.0 Å². The van der Waals surface area contributed by atoms with E-state index in [4.69, 9.17) is 13.9 Å². The Kier molecular flexibility index (Phi) is 6.05. The number of hydrogen-bond acceptors (Lipinski definition) is 10. The van der Waals surface area contributed by atoms with Crippen molar-refractivity contribution in [1.29, 1.82) is 0 Å². The lowest BCUT2D eigenvalue weighted by Crippen LogP contribution is -2.32. The molecule has 3 heterocycles. The highest BCUT2D eigenvalue weighted by atomic mass is 32.2. The Bertz CT molecular complexity index is 1250. The standard InChI is InChI=1S/C19H21N3O7S2/c1-19(2,3)29-18(24)21-8-10-6-7-11(28-10)13-14-12(30-15(13)16(23)27-4)9-20-17(22-14)31(5,25)26/h6-7,9H,8H2,1-5H3,(H,21,24). The van der Waals surface area contributed by atoms with E-state index in [0.717, 1.165) is 17.6 Å². The third-order valence-corrected chi connectivity index (χ3v) is 5.78. The summed E-state index contributed by atoms with van der Waals surface area (Å²) < 4.78 is 40.1. The first kappa shape index (κ1) is 22.7. The van der Waals surface area contributed by atoms with Crippen molar-refractivity contribution in [3.05, 3.63) is 29.0 Å². The van der Waals surface area contributed by atoms with Gasteiger partial charge < -0.3 is 19.2 Å². The number of ether oxygens (including phenoxy) is 2. The Morgan fingerprint density at radius 1 is 1.26 bits per heavy atom. The predicted octanol–water partition coefficient (Wildman–Crippen LogP) is 3.17. The van der Waals surface area contributed by atoms with Gasteiger partial charge in [-0.3, -0.25) is 0 Å². The highest BCUT2D eigenvalue weighted by Gasteiger charge is 2.26. The van der Waals surface area contributed by atoms with Crippen molar-refractivity contribution in [1.82, 2.24) is 15.3 Å². The molecule has 3 rings (SSSR count). The summed E-state index contributed by atoms with van der Waals surface area (Å²) >= 11 is 1.06. The van der Waals surface area contributed by atoms with Gasteiger partial charge in [-0.1, -0.05) is 0 Å². The summed E-state index contributed by atoms with van der Waals surface area (Å²) in [7, 11) is -2.43. The molecule has 0 radical (unpaired) electrons. The van der Waals surface area contributed by atoms with Crippen molar-refractivity contribution >= 4 is 43.5 Å². The number of esters is 1. The molecule has 0 bridgehead atoms. The van der Waals surface area contributed by atoms with Crippen LogP contribution in [0.25, 0.3) is 21.5 Å². The number of carbonyl (C=O) groups is 2. The molecule has 3 aromatic heterocycles. The van der Waals surface area contributed by atoms with Gasteiger partial charge in [-0.25, -0.2) is 28.0 Å². The Labute approximate surface area is 182 Å². The lowest BCUT2D eigenvalue weighted by atomic mass is 10.1. The molecule has 31 heavy (non-hydrogen) atoms. The normalized spacial score (nSPS) is 12.0. The molecule has 0 aliphatic rings. The molecule has 0 aromatic carbocycles. The third-order valence-electron chi connectivity index (χ3n) is 3.83. The molecule has 1 N–H and O–H groups in total. The third kappa shape index (κ3) is 5.20. The van der Waals surface area contributed by atoms with Crippen molar-refractivity contribution in [2.75, 3.05) is 13.4 Å². The Hall–Kier alpha value is -2.99. The van der Waals surface area contributed by atoms with E-state index >= 15 is 0 Å². The predicted molar refractivity (Wildman–Crippen MR) is 113 cm³/mol. The number of rotatable bonds is 5. The molecule has 0 saturated heterocycles. The molecular weight excluding hydrogens is 446 g/mol. The van der Waals surface area contributed by atoms with Gasteiger partial charge in [-0.15, -0.1) is 11.3 Å². The minimum absolute atomic E-state index is 0.0497. The van der Waals surface area contributed by atoms with Crippen molar-refractivity contribution < 1.29 is 31.9 Å². The first-order valence-electron chi connectivity index (χ1n) is 9.03. The monoisotopic (exact) mass is 467 g/mol. The van der Waals surface area contributed by atoms with Gasteiger partial charge in [0.25, 0.3) is 0 Å². The summed E-state index contributed by atoms with van der Waals surface area (Å²) in [5.74, 6) is 0.0444. The molecule has 0 saturated carbocycles. The maximum absolute atomic E-state index is 12.3. The second kappa shape index (κ2) is 8.27. The first-order valence-corrected chi connectivity index (χ1v) is 11.7. The number of fused-ring (bicyclic) bond motifs is 1.